The van der Waals surface area contributed by atoms with Crippen molar-refractivity contribution in [2.24, 2.45) is 0 Å². The molecule has 0 radical (unpaired) electrons. The Hall–Kier alpha value is -3.85. The fourth-order valence-electron chi connectivity index (χ4n) is 2.68. The summed E-state index contributed by atoms with van der Waals surface area (Å²) in [7, 11) is 1.61. The van der Waals surface area contributed by atoms with Crippen LogP contribution in [0.15, 0.2) is 53.3 Å². The lowest BCUT2D eigenvalue weighted by Crippen LogP contribution is -2.23. The van der Waals surface area contributed by atoms with E-state index in [0.29, 0.717) is 20.9 Å². The summed E-state index contributed by atoms with van der Waals surface area (Å²) in [4.78, 5) is 27.8. The minimum atomic E-state index is -0.473. The van der Waals surface area contributed by atoms with Gasteiger partial charge in [-0.25, -0.2) is 0 Å². The van der Waals surface area contributed by atoms with Crippen LogP contribution in [0.1, 0.15) is 17.0 Å². The number of nitrogens with zero attached hydrogens (tertiary/aromatic N) is 4. The van der Waals surface area contributed by atoms with Gasteiger partial charge in [0.15, 0.2) is 5.82 Å². The van der Waals surface area contributed by atoms with Crippen molar-refractivity contribution in [1.29, 1.82) is 0 Å². The summed E-state index contributed by atoms with van der Waals surface area (Å²) in [6, 6.07) is 13.6. The highest BCUT2D eigenvalue weighted by atomic mass is 32.1. The average molecular weight is 406 g/mol. The molecule has 144 valence electrons. The number of nitro groups is 1. The number of aromatic nitrogens is 3. The van der Waals surface area contributed by atoms with E-state index in [1.165, 1.54) is 28.0 Å². The Morgan fingerprint density at radius 2 is 1.93 bits per heavy atom. The standard InChI is InChI=1S/C20H14N4O4S/c1-28-16-8-5-13(6-9-16)7-10-18-21-20-23(22-18)19(25)17(29-20)12-14-3-2-4-15(11-14)24(26)27/h2-12H,1H3/b10-7+,17-12+. The van der Waals surface area contributed by atoms with Crippen molar-refractivity contribution in [2.75, 3.05) is 7.11 Å². The highest BCUT2D eigenvalue weighted by molar-refractivity contribution is 7.15. The maximum atomic E-state index is 12.6. The van der Waals surface area contributed by atoms with Gasteiger partial charge in [-0.3, -0.25) is 14.9 Å². The minimum Gasteiger partial charge on any atom is -0.497 e. The zero-order chi connectivity index (χ0) is 20.4. The van der Waals surface area contributed by atoms with Crippen molar-refractivity contribution >= 4 is 40.2 Å². The van der Waals surface area contributed by atoms with Crippen LogP contribution in [0, 0.1) is 10.1 Å². The molecule has 0 bridgehead atoms. The molecule has 4 rings (SSSR count). The number of methoxy groups -OCH3 is 1. The topological polar surface area (TPSA) is 99.6 Å². The quantitative estimate of drug-likeness (QED) is 0.373. The maximum absolute atomic E-state index is 12.6. The molecule has 0 unspecified atom stereocenters. The number of fused-ring (bicyclic) bond motifs is 1. The highest BCUT2D eigenvalue weighted by Gasteiger charge is 2.10. The fourth-order valence-corrected chi connectivity index (χ4v) is 3.60. The highest BCUT2D eigenvalue weighted by Crippen LogP contribution is 2.15. The molecular formula is C20H14N4O4S. The van der Waals surface area contributed by atoms with Crippen molar-refractivity contribution in [3.05, 3.63) is 90.5 Å². The summed E-state index contributed by atoms with van der Waals surface area (Å²) in [6.45, 7) is 0. The number of rotatable bonds is 5. The Bertz CT molecular complexity index is 1340. The van der Waals surface area contributed by atoms with Gasteiger partial charge in [0.25, 0.3) is 11.2 Å². The van der Waals surface area contributed by atoms with Crippen LogP contribution in [0.4, 0.5) is 5.69 Å². The van der Waals surface area contributed by atoms with E-state index < -0.39 is 4.92 Å². The van der Waals surface area contributed by atoms with Gasteiger partial charge >= 0.3 is 0 Å². The molecular weight excluding hydrogens is 392 g/mol. The van der Waals surface area contributed by atoms with E-state index in [9.17, 15) is 14.9 Å². The number of non-ortho nitro benzene ring substituents is 1. The summed E-state index contributed by atoms with van der Waals surface area (Å²) in [5, 5.41) is 15.1. The Morgan fingerprint density at radius 3 is 2.62 bits per heavy atom. The second-order valence-corrected chi connectivity index (χ2v) is 7.05. The molecule has 0 aliphatic rings. The van der Waals surface area contributed by atoms with E-state index in [2.05, 4.69) is 10.1 Å². The Kier molecular flexibility index (Phi) is 4.88. The Morgan fingerprint density at radius 1 is 1.14 bits per heavy atom. The van der Waals surface area contributed by atoms with Gasteiger partial charge in [0, 0.05) is 12.1 Å². The van der Waals surface area contributed by atoms with Crippen molar-refractivity contribution in [1.82, 2.24) is 14.6 Å². The van der Waals surface area contributed by atoms with Crippen LogP contribution in [0.25, 0.3) is 23.2 Å². The summed E-state index contributed by atoms with van der Waals surface area (Å²) >= 11 is 1.18. The smallest absolute Gasteiger partial charge is 0.291 e. The van der Waals surface area contributed by atoms with Gasteiger partial charge in [-0.05, 0) is 35.4 Å². The lowest BCUT2D eigenvalue weighted by molar-refractivity contribution is -0.384. The third kappa shape index (κ3) is 3.90. The summed E-state index contributed by atoms with van der Waals surface area (Å²) in [5.41, 5.74) is 1.18. The minimum absolute atomic E-state index is 0.0309. The first-order chi connectivity index (χ1) is 14.0. The van der Waals surface area contributed by atoms with Crippen LogP contribution in [0.3, 0.4) is 0 Å². The van der Waals surface area contributed by atoms with Gasteiger partial charge in [-0.15, -0.1) is 5.10 Å². The normalized spacial score (nSPS) is 12.1. The lowest BCUT2D eigenvalue weighted by atomic mass is 10.2. The van der Waals surface area contributed by atoms with E-state index in [4.69, 9.17) is 4.74 Å². The van der Waals surface area contributed by atoms with E-state index >= 15 is 0 Å². The van der Waals surface area contributed by atoms with E-state index in [0.717, 1.165) is 11.3 Å². The third-order valence-corrected chi connectivity index (χ3v) is 5.08. The van der Waals surface area contributed by atoms with Crippen LogP contribution in [0.5, 0.6) is 5.75 Å². The predicted octanol–water partition coefficient (Wildman–Crippen LogP) is 2.79. The Labute approximate surface area is 168 Å². The SMILES string of the molecule is COc1ccc(/C=C/c2nc3s/c(=C/c4cccc([N+](=O)[O-])c4)c(=O)n3n2)cc1. The zero-order valence-corrected chi connectivity index (χ0v) is 16.0. The van der Waals surface area contributed by atoms with E-state index in [1.807, 2.05) is 30.3 Å². The number of ether oxygens (including phenoxy) is 1. The monoisotopic (exact) mass is 406 g/mol. The molecule has 29 heavy (non-hydrogen) atoms. The molecule has 0 spiro atoms. The fraction of sp³-hybridized carbons (Fsp3) is 0.0500. The first-order valence-electron chi connectivity index (χ1n) is 8.51. The van der Waals surface area contributed by atoms with Crippen molar-refractivity contribution in [2.45, 2.75) is 0 Å². The van der Waals surface area contributed by atoms with Gasteiger partial charge in [-0.2, -0.15) is 9.50 Å². The van der Waals surface area contributed by atoms with Crippen LogP contribution in [-0.4, -0.2) is 26.6 Å². The summed E-state index contributed by atoms with van der Waals surface area (Å²) in [6.07, 6.45) is 5.17. The first-order valence-corrected chi connectivity index (χ1v) is 9.33. The second kappa shape index (κ2) is 7.64. The molecule has 0 saturated carbocycles. The first kappa shape index (κ1) is 18.5. The molecule has 2 aromatic heterocycles. The maximum Gasteiger partial charge on any atom is 0.291 e. The lowest BCUT2D eigenvalue weighted by Gasteiger charge is -1.98. The van der Waals surface area contributed by atoms with Crippen molar-refractivity contribution in [3.63, 3.8) is 0 Å². The van der Waals surface area contributed by atoms with Gasteiger partial charge in [0.1, 0.15) is 5.75 Å². The molecule has 0 N–H and O–H groups in total. The molecule has 0 aliphatic carbocycles. The second-order valence-electron chi connectivity index (χ2n) is 6.04. The molecule has 0 aliphatic heterocycles. The molecule has 0 fully saturated rings. The average Bonchev–Trinajstić information content (AvgIpc) is 3.26. The molecule has 2 heterocycles. The van der Waals surface area contributed by atoms with Crippen LogP contribution in [0.2, 0.25) is 0 Å². The molecule has 2 aromatic carbocycles. The van der Waals surface area contributed by atoms with Crippen molar-refractivity contribution in [3.8, 4) is 5.75 Å². The number of thiazole rings is 1. The van der Waals surface area contributed by atoms with Gasteiger partial charge < -0.3 is 4.74 Å². The zero-order valence-electron chi connectivity index (χ0n) is 15.2. The Balaban J connectivity index is 1.63. The summed E-state index contributed by atoms with van der Waals surface area (Å²) in [5.74, 6) is 1.19. The molecule has 0 saturated heterocycles. The van der Waals surface area contributed by atoms with Crippen LogP contribution in [-0.2, 0) is 0 Å². The molecule has 4 aromatic rings. The number of benzene rings is 2. The molecule has 0 amide bonds. The van der Waals surface area contributed by atoms with Crippen LogP contribution >= 0.6 is 11.3 Å². The largest absolute Gasteiger partial charge is 0.497 e. The number of hydrogen-bond acceptors (Lipinski definition) is 7. The van der Waals surface area contributed by atoms with E-state index in [-0.39, 0.29) is 11.2 Å². The van der Waals surface area contributed by atoms with Gasteiger partial charge in [-0.1, -0.05) is 41.7 Å². The molecule has 9 heteroatoms. The predicted molar refractivity (Wildman–Crippen MR) is 111 cm³/mol. The summed E-state index contributed by atoms with van der Waals surface area (Å²) < 4.78 is 6.77. The van der Waals surface area contributed by atoms with E-state index in [1.54, 1.807) is 31.4 Å². The molecule has 8 nitrogen and oxygen atoms in total. The number of hydrogen-bond donors (Lipinski definition) is 0. The van der Waals surface area contributed by atoms with Crippen molar-refractivity contribution < 1.29 is 9.66 Å². The van der Waals surface area contributed by atoms with Gasteiger partial charge in [0.05, 0.1) is 16.6 Å². The van der Waals surface area contributed by atoms with Gasteiger partial charge in [0.2, 0.25) is 4.96 Å². The molecule has 0 atom stereocenters. The van der Waals surface area contributed by atoms with Crippen LogP contribution < -0.4 is 14.8 Å². The number of nitro benzene ring substituents is 1. The third-order valence-electron chi connectivity index (χ3n) is 4.12.